The molecular formula is C10H6F6N2. The van der Waals surface area contributed by atoms with E-state index in [1.165, 1.54) is 6.07 Å². The van der Waals surface area contributed by atoms with E-state index in [2.05, 4.69) is 4.98 Å². The molecule has 0 bridgehead atoms. The maximum absolute atomic E-state index is 12.6. The highest BCUT2D eigenvalue weighted by molar-refractivity contribution is 5.33. The Morgan fingerprint density at radius 1 is 1.17 bits per heavy atom. The average molecular weight is 268 g/mol. The second-order valence-electron chi connectivity index (χ2n) is 3.50. The molecule has 0 saturated carbocycles. The van der Waals surface area contributed by atoms with Crippen LogP contribution in [0.1, 0.15) is 29.7 Å². The summed E-state index contributed by atoms with van der Waals surface area (Å²) in [6, 6.07) is 1.48. The Balaban J connectivity index is 3.46. The van der Waals surface area contributed by atoms with Crippen molar-refractivity contribution in [2.45, 2.75) is 25.2 Å². The lowest BCUT2D eigenvalue weighted by Gasteiger charge is -2.15. The van der Waals surface area contributed by atoms with Gasteiger partial charge >= 0.3 is 12.4 Å². The Hall–Kier alpha value is -1.78. The number of pyridine rings is 1. The van der Waals surface area contributed by atoms with Gasteiger partial charge < -0.3 is 0 Å². The van der Waals surface area contributed by atoms with Crippen LogP contribution in [0.2, 0.25) is 0 Å². The highest BCUT2D eigenvalue weighted by atomic mass is 19.4. The number of hydrogen-bond donors (Lipinski definition) is 0. The zero-order valence-corrected chi connectivity index (χ0v) is 8.89. The van der Waals surface area contributed by atoms with E-state index in [0.717, 1.165) is 6.92 Å². The van der Waals surface area contributed by atoms with Crippen molar-refractivity contribution in [2.75, 3.05) is 0 Å². The van der Waals surface area contributed by atoms with Crippen LogP contribution in [0, 0.1) is 11.3 Å². The summed E-state index contributed by atoms with van der Waals surface area (Å²) in [5.74, 6) is -1.25. The predicted octanol–water partition coefficient (Wildman–Crippen LogP) is 3.75. The Kier molecular flexibility index (Phi) is 3.55. The minimum absolute atomic E-state index is 0.0316. The van der Waals surface area contributed by atoms with E-state index in [9.17, 15) is 26.3 Å². The van der Waals surface area contributed by atoms with Gasteiger partial charge in [0.05, 0.1) is 28.8 Å². The molecule has 0 aromatic carbocycles. The van der Waals surface area contributed by atoms with Gasteiger partial charge in [0.25, 0.3) is 0 Å². The molecule has 0 amide bonds. The van der Waals surface area contributed by atoms with Crippen molar-refractivity contribution >= 4 is 0 Å². The molecule has 1 atom stereocenters. The molecule has 18 heavy (non-hydrogen) atoms. The third-order valence-electron chi connectivity index (χ3n) is 2.16. The molecule has 2 nitrogen and oxygen atoms in total. The molecule has 98 valence electrons. The average Bonchev–Trinajstić information content (AvgIpc) is 2.24. The maximum Gasteiger partial charge on any atom is 0.418 e. The SMILES string of the molecule is CC(C#N)c1ncc(C(F)(F)F)cc1C(F)(F)F. The molecule has 0 fully saturated rings. The molecule has 1 aromatic rings. The molecular weight excluding hydrogens is 262 g/mol. The summed E-state index contributed by atoms with van der Waals surface area (Å²) in [5, 5.41) is 8.53. The quantitative estimate of drug-likeness (QED) is 0.727. The van der Waals surface area contributed by atoms with Crippen molar-refractivity contribution in [1.29, 1.82) is 5.26 Å². The van der Waals surface area contributed by atoms with E-state index >= 15 is 0 Å². The Labute approximate surface area is 97.9 Å². The summed E-state index contributed by atoms with van der Waals surface area (Å²) in [6.07, 6.45) is -9.62. The summed E-state index contributed by atoms with van der Waals surface area (Å²) in [6.45, 7) is 1.13. The van der Waals surface area contributed by atoms with Crippen molar-refractivity contribution in [3.05, 3.63) is 29.1 Å². The van der Waals surface area contributed by atoms with Gasteiger partial charge in [-0.3, -0.25) is 4.98 Å². The van der Waals surface area contributed by atoms with Gasteiger partial charge in [-0.25, -0.2) is 0 Å². The van der Waals surface area contributed by atoms with Crippen LogP contribution in [0.15, 0.2) is 12.3 Å². The fraction of sp³-hybridized carbons (Fsp3) is 0.400. The number of aromatic nitrogens is 1. The molecule has 0 aliphatic carbocycles. The predicted molar refractivity (Wildman–Crippen MR) is 48.3 cm³/mol. The molecule has 0 N–H and O–H groups in total. The fourth-order valence-electron chi connectivity index (χ4n) is 1.26. The standard InChI is InChI=1S/C10H6F6N2/c1-5(3-17)8-7(10(14,15)16)2-6(4-18-8)9(11,12)13/h2,4-5H,1H3. The third-order valence-corrected chi connectivity index (χ3v) is 2.16. The van der Waals surface area contributed by atoms with Gasteiger partial charge in [-0.15, -0.1) is 0 Å². The first-order chi connectivity index (χ1) is 8.07. The molecule has 0 radical (unpaired) electrons. The zero-order valence-electron chi connectivity index (χ0n) is 8.89. The molecule has 0 saturated heterocycles. The summed E-state index contributed by atoms with van der Waals surface area (Å²) >= 11 is 0. The molecule has 1 heterocycles. The van der Waals surface area contributed by atoms with Crippen molar-refractivity contribution in [2.24, 2.45) is 0 Å². The zero-order chi connectivity index (χ0) is 14.1. The lowest BCUT2D eigenvalue weighted by Crippen LogP contribution is -2.16. The summed E-state index contributed by atoms with van der Waals surface area (Å²) < 4.78 is 74.7. The van der Waals surface area contributed by atoms with Crippen LogP contribution in [0.4, 0.5) is 26.3 Å². The second kappa shape index (κ2) is 4.48. The van der Waals surface area contributed by atoms with Crippen molar-refractivity contribution in [1.82, 2.24) is 4.98 Å². The van der Waals surface area contributed by atoms with Crippen molar-refractivity contribution in [3.8, 4) is 6.07 Å². The van der Waals surface area contributed by atoms with E-state index in [4.69, 9.17) is 5.26 Å². The van der Waals surface area contributed by atoms with Gasteiger partial charge in [-0.1, -0.05) is 0 Å². The Morgan fingerprint density at radius 3 is 2.11 bits per heavy atom. The molecule has 1 rings (SSSR count). The number of hydrogen-bond acceptors (Lipinski definition) is 2. The number of halogens is 6. The second-order valence-corrected chi connectivity index (χ2v) is 3.50. The molecule has 0 spiro atoms. The third kappa shape index (κ3) is 2.91. The van der Waals surface area contributed by atoms with E-state index in [1.54, 1.807) is 0 Å². The van der Waals surface area contributed by atoms with Crippen LogP contribution in [0.25, 0.3) is 0 Å². The first-order valence-corrected chi connectivity index (χ1v) is 4.61. The summed E-state index contributed by atoms with van der Waals surface area (Å²) in [4.78, 5) is 3.12. The van der Waals surface area contributed by atoms with Crippen LogP contribution in [0.5, 0.6) is 0 Å². The van der Waals surface area contributed by atoms with Gasteiger partial charge in [-0.2, -0.15) is 31.6 Å². The topological polar surface area (TPSA) is 36.7 Å². The highest BCUT2D eigenvalue weighted by Gasteiger charge is 2.39. The Morgan fingerprint density at radius 2 is 1.72 bits per heavy atom. The van der Waals surface area contributed by atoms with Gasteiger partial charge in [-0.05, 0) is 13.0 Å². The lowest BCUT2D eigenvalue weighted by molar-refractivity contribution is -0.144. The van der Waals surface area contributed by atoms with Crippen molar-refractivity contribution in [3.63, 3.8) is 0 Å². The molecule has 1 unspecified atom stereocenters. The highest BCUT2D eigenvalue weighted by Crippen LogP contribution is 2.38. The van der Waals surface area contributed by atoms with E-state index < -0.39 is 35.1 Å². The van der Waals surface area contributed by atoms with Crippen LogP contribution in [0.3, 0.4) is 0 Å². The molecule has 8 heteroatoms. The van der Waals surface area contributed by atoms with E-state index in [0.29, 0.717) is 6.20 Å². The van der Waals surface area contributed by atoms with Crippen LogP contribution in [-0.2, 0) is 12.4 Å². The van der Waals surface area contributed by atoms with Crippen LogP contribution in [-0.4, -0.2) is 4.98 Å². The minimum atomic E-state index is -4.99. The lowest BCUT2D eigenvalue weighted by atomic mass is 10.0. The number of nitriles is 1. The monoisotopic (exact) mass is 268 g/mol. The number of rotatable bonds is 1. The first-order valence-electron chi connectivity index (χ1n) is 4.61. The van der Waals surface area contributed by atoms with E-state index in [-0.39, 0.29) is 6.07 Å². The number of nitrogens with zero attached hydrogens (tertiary/aromatic N) is 2. The molecule has 0 aliphatic heterocycles. The Bertz CT molecular complexity index is 483. The van der Waals surface area contributed by atoms with Gasteiger partial charge in [0.2, 0.25) is 0 Å². The summed E-state index contributed by atoms with van der Waals surface area (Å²) in [5.41, 5.74) is -3.74. The molecule has 1 aromatic heterocycles. The number of alkyl halides is 6. The largest absolute Gasteiger partial charge is 0.418 e. The van der Waals surface area contributed by atoms with Crippen LogP contribution >= 0.6 is 0 Å². The van der Waals surface area contributed by atoms with Gasteiger partial charge in [0.15, 0.2) is 0 Å². The normalized spacial score (nSPS) is 14.1. The molecule has 0 aliphatic rings. The first kappa shape index (κ1) is 14.3. The van der Waals surface area contributed by atoms with Crippen LogP contribution < -0.4 is 0 Å². The smallest absolute Gasteiger partial charge is 0.259 e. The maximum atomic E-state index is 12.6. The fourth-order valence-corrected chi connectivity index (χ4v) is 1.26. The van der Waals surface area contributed by atoms with Crippen molar-refractivity contribution < 1.29 is 26.3 Å². The minimum Gasteiger partial charge on any atom is -0.259 e. The van der Waals surface area contributed by atoms with Gasteiger partial charge in [0, 0.05) is 6.20 Å². The van der Waals surface area contributed by atoms with Gasteiger partial charge in [0.1, 0.15) is 0 Å². The van der Waals surface area contributed by atoms with E-state index in [1.807, 2.05) is 0 Å². The summed E-state index contributed by atoms with van der Waals surface area (Å²) in [7, 11) is 0.